The lowest BCUT2D eigenvalue weighted by molar-refractivity contribution is -0.385. The van der Waals surface area contributed by atoms with E-state index >= 15 is 0 Å². The van der Waals surface area contributed by atoms with Crippen LogP contribution in [0.5, 0.6) is 5.75 Å². The van der Waals surface area contributed by atoms with E-state index in [2.05, 4.69) is 15.0 Å². The molecule has 0 aliphatic heterocycles. The zero-order valence-electron chi connectivity index (χ0n) is 14.0. The highest BCUT2D eigenvalue weighted by atomic mass is 19.3. The number of hydrogen-bond acceptors (Lipinski definition) is 6. The topological polar surface area (TPSA) is 98.8 Å². The van der Waals surface area contributed by atoms with Crippen molar-refractivity contribution in [1.29, 1.82) is 0 Å². The van der Waals surface area contributed by atoms with Crippen molar-refractivity contribution in [1.82, 2.24) is 9.38 Å². The number of nitrogens with one attached hydrogen (secondary N) is 1. The third-order valence-corrected chi connectivity index (χ3v) is 3.85. The largest absolute Gasteiger partial charge is 0.435 e. The van der Waals surface area contributed by atoms with E-state index in [4.69, 9.17) is 0 Å². The quantitative estimate of drug-likeness (QED) is 0.523. The van der Waals surface area contributed by atoms with Gasteiger partial charge in [0.25, 0.3) is 0 Å². The molecule has 3 rings (SSSR count). The number of benzene rings is 1. The summed E-state index contributed by atoms with van der Waals surface area (Å²) < 4.78 is 29.8. The summed E-state index contributed by atoms with van der Waals surface area (Å²) in [6.45, 7) is -1.23. The second-order valence-corrected chi connectivity index (χ2v) is 5.61. The van der Waals surface area contributed by atoms with Gasteiger partial charge in [-0.05, 0) is 36.8 Å². The summed E-state index contributed by atoms with van der Waals surface area (Å²) >= 11 is 0. The standard InChI is InChI=1S/C17H14F2N4O4/c1-10(11-5-7-12(8-6-11)27-17(18)19)20-15-14(23(25)26)16(24)22-9-3-2-4-13(22)21-15/h2-10,17,20H,1H3. The van der Waals surface area contributed by atoms with Gasteiger partial charge in [-0.2, -0.15) is 8.78 Å². The van der Waals surface area contributed by atoms with Crippen molar-refractivity contribution in [2.45, 2.75) is 19.6 Å². The summed E-state index contributed by atoms with van der Waals surface area (Å²) in [5.41, 5.74) is -0.589. The molecule has 0 fully saturated rings. The molecule has 140 valence electrons. The van der Waals surface area contributed by atoms with E-state index in [1.807, 2.05) is 0 Å². The number of fused-ring (bicyclic) bond motifs is 1. The van der Waals surface area contributed by atoms with Gasteiger partial charge in [0.15, 0.2) is 0 Å². The monoisotopic (exact) mass is 376 g/mol. The minimum Gasteiger partial charge on any atom is -0.435 e. The van der Waals surface area contributed by atoms with Crippen LogP contribution in [0, 0.1) is 10.1 Å². The lowest BCUT2D eigenvalue weighted by Crippen LogP contribution is -2.22. The fourth-order valence-electron chi connectivity index (χ4n) is 2.57. The molecule has 0 saturated carbocycles. The number of nitrogens with zero attached hydrogens (tertiary/aromatic N) is 3. The van der Waals surface area contributed by atoms with Crippen LogP contribution < -0.4 is 15.6 Å². The minimum atomic E-state index is -2.93. The average Bonchev–Trinajstić information content (AvgIpc) is 2.61. The Morgan fingerprint density at radius 1 is 1.22 bits per heavy atom. The number of anilines is 1. The number of nitro groups is 1. The second kappa shape index (κ2) is 7.36. The van der Waals surface area contributed by atoms with Gasteiger partial charge in [0, 0.05) is 6.20 Å². The van der Waals surface area contributed by atoms with Gasteiger partial charge in [-0.15, -0.1) is 0 Å². The summed E-state index contributed by atoms with van der Waals surface area (Å²) in [5, 5.41) is 14.2. The van der Waals surface area contributed by atoms with E-state index in [9.17, 15) is 23.7 Å². The molecule has 0 bridgehead atoms. The van der Waals surface area contributed by atoms with Crippen LogP contribution in [0.15, 0.2) is 53.5 Å². The number of rotatable bonds is 6. The van der Waals surface area contributed by atoms with Gasteiger partial charge in [0.1, 0.15) is 11.4 Å². The first-order chi connectivity index (χ1) is 12.9. The van der Waals surface area contributed by atoms with Gasteiger partial charge >= 0.3 is 17.9 Å². The fraction of sp³-hybridized carbons (Fsp3) is 0.176. The number of alkyl halides is 2. The summed E-state index contributed by atoms with van der Waals surface area (Å²) in [4.78, 5) is 27.2. The second-order valence-electron chi connectivity index (χ2n) is 5.61. The smallest absolute Gasteiger partial charge is 0.387 e. The molecule has 1 atom stereocenters. The predicted molar refractivity (Wildman–Crippen MR) is 93.2 cm³/mol. The SMILES string of the molecule is CC(Nc1nc2ccccn2c(=O)c1[N+](=O)[O-])c1ccc(OC(F)F)cc1. The number of halogens is 2. The van der Waals surface area contributed by atoms with Crippen LogP contribution in [0.3, 0.4) is 0 Å². The molecule has 0 saturated heterocycles. The van der Waals surface area contributed by atoms with Gasteiger partial charge in [-0.1, -0.05) is 18.2 Å². The van der Waals surface area contributed by atoms with Crippen molar-refractivity contribution in [2.24, 2.45) is 0 Å². The molecule has 0 amide bonds. The molecule has 27 heavy (non-hydrogen) atoms. The Kier molecular flexibility index (Phi) is 4.97. The predicted octanol–water partition coefficient (Wildman–Crippen LogP) is 3.38. The van der Waals surface area contributed by atoms with Gasteiger partial charge in [-0.25, -0.2) is 4.98 Å². The molecule has 0 aliphatic carbocycles. The average molecular weight is 376 g/mol. The molecular formula is C17H14F2N4O4. The van der Waals surface area contributed by atoms with E-state index in [1.54, 1.807) is 25.1 Å². The maximum absolute atomic E-state index is 12.4. The Labute approximate surface area is 151 Å². The van der Waals surface area contributed by atoms with Crippen LogP contribution in [-0.4, -0.2) is 20.9 Å². The molecule has 2 aromatic heterocycles. The van der Waals surface area contributed by atoms with Gasteiger partial charge in [0.2, 0.25) is 5.82 Å². The van der Waals surface area contributed by atoms with E-state index in [0.29, 0.717) is 5.56 Å². The molecule has 8 nitrogen and oxygen atoms in total. The van der Waals surface area contributed by atoms with Gasteiger partial charge in [0.05, 0.1) is 11.0 Å². The van der Waals surface area contributed by atoms with E-state index < -0.39 is 28.8 Å². The maximum Gasteiger partial charge on any atom is 0.387 e. The highest BCUT2D eigenvalue weighted by molar-refractivity contribution is 5.60. The lowest BCUT2D eigenvalue weighted by atomic mass is 10.1. The molecule has 3 aromatic rings. The van der Waals surface area contributed by atoms with Crippen LogP contribution in [0.4, 0.5) is 20.3 Å². The molecule has 2 heterocycles. The highest BCUT2D eigenvalue weighted by Crippen LogP contribution is 2.25. The van der Waals surface area contributed by atoms with E-state index in [-0.39, 0.29) is 17.2 Å². The van der Waals surface area contributed by atoms with Crippen LogP contribution >= 0.6 is 0 Å². The van der Waals surface area contributed by atoms with Crippen molar-refractivity contribution in [3.63, 3.8) is 0 Å². The lowest BCUT2D eigenvalue weighted by Gasteiger charge is -2.16. The van der Waals surface area contributed by atoms with E-state index in [0.717, 1.165) is 4.40 Å². The zero-order chi connectivity index (χ0) is 19.6. The van der Waals surface area contributed by atoms with E-state index in [1.165, 1.54) is 30.5 Å². The van der Waals surface area contributed by atoms with Crippen molar-refractivity contribution in [3.8, 4) is 5.75 Å². The Bertz CT molecular complexity index is 1040. The summed E-state index contributed by atoms with van der Waals surface area (Å²) in [5.74, 6) is -0.175. The Morgan fingerprint density at radius 3 is 2.56 bits per heavy atom. The summed E-state index contributed by atoms with van der Waals surface area (Å²) in [6, 6.07) is 10.1. The number of aromatic nitrogens is 2. The summed E-state index contributed by atoms with van der Waals surface area (Å²) in [7, 11) is 0. The minimum absolute atomic E-state index is 0.00555. The Hall–Kier alpha value is -3.56. The first-order valence-corrected chi connectivity index (χ1v) is 7.84. The van der Waals surface area contributed by atoms with Crippen LogP contribution in [0.1, 0.15) is 18.5 Å². The Balaban J connectivity index is 1.94. The molecule has 1 unspecified atom stereocenters. The Morgan fingerprint density at radius 2 is 1.93 bits per heavy atom. The first-order valence-electron chi connectivity index (χ1n) is 7.84. The normalized spacial score (nSPS) is 12.1. The van der Waals surface area contributed by atoms with Crippen LogP contribution in [-0.2, 0) is 0 Å². The zero-order valence-corrected chi connectivity index (χ0v) is 14.0. The third kappa shape index (κ3) is 3.84. The first kappa shape index (κ1) is 18.2. The third-order valence-electron chi connectivity index (χ3n) is 3.85. The molecular weight excluding hydrogens is 362 g/mol. The molecule has 1 N–H and O–H groups in total. The van der Waals surface area contributed by atoms with Crippen molar-refractivity contribution >= 4 is 17.2 Å². The van der Waals surface area contributed by atoms with Crippen molar-refractivity contribution in [2.75, 3.05) is 5.32 Å². The number of hydrogen-bond donors (Lipinski definition) is 1. The van der Waals surface area contributed by atoms with Crippen LogP contribution in [0.2, 0.25) is 0 Å². The molecule has 1 aromatic carbocycles. The number of ether oxygens (including phenoxy) is 1. The fourth-order valence-corrected chi connectivity index (χ4v) is 2.57. The molecule has 0 aliphatic rings. The molecule has 10 heteroatoms. The highest BCUT2D eigenvalue weighted by Gasteiger charge is 2.24. The molecule has 0 radical (unpaired) electrons. The van der Waals surface area contributed by atoms with Crippen molar-refractivity contribution in [3.05, 3.63) is 74.7 Å². The number of pyridine rings is 1. The maximum atomic E-state index is 12.4. The van der Waals surface area contributed by atoms with Crippen molar-refractivity contribution < 1.29 is 18.4 Å². The summed E-state index contributed by atoms with van der Waals surface area (Å²) in [6.07, 6.45) is 1.40. The van der Waals surface area contributed by atoms with Gasteiger partial charge < -0.3 is 10.1 Å². The molecule has 0 spiro atoms. The van der Waals surface area contributed by atoms with Crippen LogP contribution in [0.25, 0.3) is 5.65 Å². The van der Waals surface area contributed by atoms with Gasteiger partial charge in [-0.3, -0.25) is 19.3 Å².